The van der Waals surface area contributed by atoms with Gasteiger partial charge >= 0.3 is 5.97 Å². The molecule has 0 aromatic carbocycles. The number of hydrogen-bond donors (Lipinski definition) is 1. The molecule has 5 nitrogen and oxygen atoms in total. The zero-order valence-electron chi connectivity index (χ0n) is 10.0. The zero-order valence-corrected chi connectivity index (χ0v) is 10.9. The lowest BCUT2D eigenvalue weighted by Gasteiger charge is -2.31. The molecular weight excluding hydrogens is 252 g/mol. The number of carbonyl (C=O) groups excluding carboxylic acids is 1. The maximum atomic E-state index is 12.0. The maximum Gasteiger partial charge on any atom is 0.303 e. The van der Waals surface area contributed by atoms with Gasteiger partial charge in [-0.15, -0.1) is 11.3 Å². The van der Waals surface area contributed by atoms with Crippen molar-refractivity contribution in [2.24, 2.45) is 5.92 Å². The van der Waals surface area contributed by atoms with Crippen LogP contribution in [0, 0.1) is 5.92 Å². The summed E-state index contributed by atoms with van der Waals surface area (Å²) in [6, 6.07) is 0. The molecule has 1 aromatic rings. The summed E-state index contributed by atoms with van der Waals surface area (Å²) in [6.07, 6.45) is 4.35. The van der Waals surface area contributed by atoms with E-state index in [9.17, 15) is 9.59 Å². The highest BCUT2D eigenvalue weighted by Crippen LogP contribution is 2.23. The molecule has 6 heteroatoms. The van der Waals surface area contributed by atoms with Crippen molar-refractivity contribution in [3.05, 3.63) is 16.6 Å². The number of likely N-dealkylation sites (tertiary alicyclic amines) is 1. The molecule has 1 N–H and O–H groups in total. The summed E-state index contributed by atoms with van der Waals surface area (Å²) >= 11 is 1.36. The number of rotatable bonds is 4. The van der Waals surface area contributed by atoms with E-state index in [4.69, 9.17) is 5.11 Å². The van der Waals surface area contributed by atoms with Crippen LogP contribution in [0.3, 0.4) is 0 Å². The van der Waals surface area contributed by atoms with Crippen molar-refractivity contribution in [1.29, 1.82) is 0 Å². The summed E-state index contributed by atoms with van der Waals surface area (Å²) < 4.78 is 0. The standard InChI is InChI=1S/C12H16N2O3S/c15-11(16)2-1-9-3-5-14(6-4-9)12(17)10-7-13-8-18-10/h7-9H,1-6H2,(H,15,16). The van der Waals surface area contributed by atoms with Gasteiger partial charge in [0.15, 0.2) is 0 Å². The number of carboxylic acids is 1. The lowest BCUT2D eigenvalue weighted by Crippen LogP contribution is -2.38. The molecule has 0 spiro atoms. The Morgan fingerprint density at radius 3 is 2.72 bits per heavy atom. The highest BCUT2D eigenvalue weighted by atomic mass is 32.1. The van der Waals surface area contributed by atoms with Gasteiger partial charge < -0.3 is 10.0 Å². The Morgan fingerprint density at radius 1 is 1.44 bits per heavy atom. The van der Waals surface area contributed by atoms with Crippen molar-refractivity contribution in [1.82, 2.24) is 9.88 Å². The van der Waals surface area contributed by atoms with Crippen LogP contribution in [0.15, 0.2) is 11.7 Å². The topological polar surface area (TPSA) is 70.5 Å². The number of carbonyl (C=O) groups is 2. The van der Waals surface area contributed by atoms with Crippen LogP contribution in [0.1, 0.15) is 35.4 Å². The molecule has 1 aromatic heterocycles. The fourth-order valence-corrected chi connectivity index (χ4v) is 2.82. The van der Waals surface area contributed by atoms with Crippen LogP contribution < -0.4 is 0 Å². The summed E-state index contributed by atoms with van der Waals surface area (Å²) in [6.45, 7) is 1.45. The second-order valence-electron chi connectivity index (χ2n) is 4.53. The number of aromatic nitrogens is 1. The van der Waals surface area contributed by atoms with Crippen molar-refractivity contribution >= 4 is 23.2 Å². The maximum absolute atomic E-state index is 12.0. The van der Waals surface area contributed by atoms with E-state index in [0.717, 1.165) is 32.4 Å². The molecule has 0 atom stereocenters. The molecule has 1 saturated heterocycles. The number of aliphatic carboxylic acids is 1. The predicted molar refractivity (Wildman–Crippen MR) is 67.6 cm³/mol. The predicted octanol–water partition coefficient (Wildman–Crippen LogP) is 1.86. The van der Waals surface area contributed by atoms with E-state index >= 15 is 0 Å². The molecule has 0 saturated carbocycles. The molecule has 0 bridgehead atoms. The van der Waals surface area contributed by atoms with Crippen LogP contribution in [-0.4, -0.2) is 40.0 Å². The highest BCUT2D eigenvalue weighted by Gasteiger charge is 2.24. The Labute approximate surface area is 109 Å². The van der Waals surface area contributed by atoms with E-state index in [1.54, 1.807) is 11.7 Å². The van der Waals surface area contributed by atoms with Crippen molar-refractivity contribution in [2.45, 2.75) is 25.7 Å². The van der Waals surface area contributed by atoms with Crippen molar-refractivity contribution in [2.75, 3.05) is 13.1 Å². The number of nitrogens with zero attached hydrogens (tertiary/aromatic N) is 2. The summed E-state index contributed by atoms with van der Waals surface area (Å²) in [4.78, 5) is 29.0. The Balaban J connectivity index is 1.80. The van der Waals surface area contributed by atoms with Crippen LogP contribution in [0.4, 0.5) is 0 Å². The van der Waals surface area contributed by atoms with E-state index in [1.807, 2.05) is 4.90 Å². The smallest absolute Gasteiger partial charge is 0.303 e. The molecule has 1 aliphatic rings. The quantitative estimate of drug-likeness (QED) is 0.904. The van der Waals surface area contributed by atoms with Gasteiger partial charge in [0.2, 0.25) is 0 Å². The third-order valence-corrected chi connectivity index (χ3v) is 4.07. The summed E-state index contributed by atoms with van der Waals surface area (Å²) in [5, 5.41) is 8.64. The molecule has 2 heterocycles. The van der Waals surface area contributed by atoms with Crippen molar-refractivity contribution in [3.8, 4) is 0 Å². The lowest BCUT2D eigenvalue weighted by molar-refractivity contribution is -0.137. The third kappa shape index (κ3) is 3.29. The van der Waals surface area contributed by atoms with Gasteiger partial charge in [0, 0.05) is 19.5 Å². The van der Waals surface area contributed by atoms with Gasteiger partial charge in [0.1, 0.15) is 4.88 Å². The fourth-order valence-electron chi connectivity index (χ4n) is 2.23. The number of hydrogen-bond acceptors (Lipinski definition) is 4. The number of amides is 1. The molecule has 0 radical (unpaired) electrons. The minimum absolute atomic E-state index is 0.0502. The summed E-state index contributed by atoms with van der Waals surface area (Å²) in [7, 11) is 0. The third-order valence-electron chi connectivity index (χ3n) is 3.31. The molecule has 2 rings (SSSR count). The number of thiazole rings is 1. The van der Waals surface area contributed by atoms with Gasteiger partial charge in [0.05, 0.1) is 11.7 Å². The average molecular weight is 268 g/mol. The van der Waals surface area contributed by atoms with E-state index < -0.39 is 5.97 Å². The van der Waals surface area contributed by atoms with Crippen molar-refractivity contribution < 1.29 is 14.7 Å². The first kappa shape index (κ1) is 13.0. The largest absolute Gasteiger partial charge is 0.481 e. The molecule has 1 amide bonds. The second-order valence-corrected chi connectivity index (χ2v) is 5.42. The number of carboxylic acid groups (broad SMARTS) is 1. The van der Waals surface area contributed by atoms with Crippen LogP contribution in [0.25, 0.3) is 0 Å². The monoisotopic (exact) mass is 268 g/mol. The first-order valence-corrected chi connectivity index (χ1v) is 6.94. The molecular formula is C12H16N2O3S. The molecule has 1 fully saturated rings. The second kappa shape index (κ2) is 5.95. The van der Waals surface area contributed by atoms with E-state index in [-0.39, 0.29) is 12.3 Å². The zero-order chi connectivity index (χ0) is 13.0. The first-order valence-electron chi connectivity index (χ1n) is 6.06. The lowest BCUT2D eigenvalue weighted by atomic mass is 9.92. The van der Waals surface area contributed by atoms with Crippen LogP contribution >= 0.6 is 11.3 Å². The van der Waals surface area contributed by atoms with Gasteiger partial charge in [-0.05, 0) is 25.2 Å². The minimum atomic E-state index is -0.738. The normalized spacial score (nSPS) is 16.8. The van der Waals surface area contributed by atoms with Crippen molar-refractivity contribution in [3.63, 3.8) is 0 Å². The Morgan fingerprint density at radius 2 is 2.17 bits per heavy atom. The van der Waals surface area contributed by atoms with Gasteiger partial charge in [-0.3, -0.25) is 14.6 Å². The number of piperidine rings is 1. The Kier molecular flexibility index (Phi) is 4.30. The molecule has 0 aliphatic carbocycles. The van der Waals surface area contributed by atoms with Crippen LogP contribution in [0.5, 0.6) is 0 Å². The van der Waals surface area contributed by atoms with E-state index in [2.05, 4.69) is 4.98 Å². The van der Waals surface area contributed by atoms with Crippen LogP contribution in [0.2, 0.25) is 0 Å². The van der Waals surface area contributed by atoms with E-state index in [1.165, 1.54) is 11.3 Å². The average Bonchev–Trinajstić information content (AvgIpc) is 2.90. The highest BCUT2D eigenvalue weighted by molar-refractivity contribution is 7.11. The molecule has 1 aliphatic heterocycles. The minimum Gasteiger partial charge on any atom is -0.481 e. The Bertz CT molecular complexity index is 411. The van der Waals surface area contributed by atoms with Gasteiger partial charge in [0.25, 0.3) is 5.91 Å². The molecule has 18 heavy (non-hydrogen) atoms. The van der Waals surface area contributed by atoms with E-state index in [0.29, 0.717) is 10.8 Å². The summed E-state index contributed by atoms with van der Waals surface area (Å²) in [5.41, 5.74) is 1.66. The summed E-state index contributed by atoms with van der Waals surface area (Å²) in [5.74, 6) is -0.251. The van der Waals surface area contributed by atoms with Crippen LogP contribution in [-0.2, 0) is 4.79 Å². The fraction of sp³-hybridized carbons (Fsp3) is 0.583. The first-order chi connectivity index (χ1) is 8.66. The van der Waals surface area contributed by atoms with Gasteiger partial charge in [-0.2, -0.15) is 0 Å². The SMILES string of the molecule is O=C(O)CCC1CCN(C(=O)c2cncs2)CC1. The van der Waals surface area contributed by atoms with Gasteiger partial charge in [-0.1, -0.05) is 0 Å². The molecule has 0 unspecified atom stereocenters. The Hall–Kier alpha value is -1.43. The van der Waals surface area contributed by atoms with Gasteiger partial charge in [-0.25, -0.2) is 0 Å². The molecule has 98 valence electrons.